The van der Waals surface area contributed by atoms with E-state index in [1.165, 1.54) is 0 Å². The van der Waals surface area contributed by atoms with Crippen molar-refractivity contribution in [3.05, 3.63) is 0 Å². The standard InChI is InChI=1S/C15H25NO16S/c1-4(18)16-6-11(22)15(32-33(25,26)27,5(3-17)29-13(6)28-2)31-14-9(21)7(19)8(20)10(30-14)12(23)24/h5-11,13-14,17,19-22H,3H2,1-2H3,(H,16,18)(H,23,24)(H,25,26,27)/t5?,6?,7-,8-,9?,10?,11+,13+,14-,15-/m0/s1. The molecule has 18 heteroatoms. The Morgan fingerprint density at radius 2 is 1.67 bits per heavy atom. The molecule has 2 aliphatic heterocycles. The molecule has 0 radical (unpaired) electrons. The van der Waals surface area contributed by atoms with E-state index in [0.29, 0.717) is 0 Å². The quantitative estimate of drug-likeness (QED) is 0.112. The fourth-order valence-corrected chi connectivity index (χ4v) is 4.02. The van der Waals surface area contributed by atoms with Crippen LogP contribution in [0.25, 0.3) is 0 Å². The largest absolute Gasteiger partial charge is 0.479 e. The van der Waals surface area contributed by atoms with E-state index in [1.54, 1.807) is 0 Å². The van der Waals surface area contributed by atoms with Crippen molar-refractivity contribution in [2.75, 3.05) is 13.7 Å². The van der Waals surface area contributed by atoms with Crippen LogP contribution in [0.1, 0.15) is 6.92 Å². The minimum Gasteiger partial charge on any atom is -0.479 e. The highest BCUT2D eigenvalue weighted by atomic mass is 32.3. The van der Waals surface area contributed by atoms with Crippen LogP contribution in [0.4, 0.5) is 0 Å². The van der Waals surface area contributed by atoms with Crippen LogP contribution >= 0.6 is 0 Å². The van der Waals surface area contributed by atoms with Gasteiger partial charge in [0.1, 0.15) is 36.6 Å². The van der Waals surface area contributed by atoms with Crippen LogP contribution in [-0.4, -0.2) is 130 Å². The monoisotopic (exact) mass is 507 g/mol. The number of carboxylic acids is 1. The van der Waals surface area contributed by atoms with E-state index >= 15 is 0 Å². The number of nitrogens with one attached hydrogen (secondary N) is 1. The van der Waals surface area contributed by atoms with Gasteiger partial charge in [0.25, 0.3) is 0 Å². The predicted octanol–water partition coefficient (Wildman–Crippen LogP) is -5.36. The van der Waals surface area contributed by atoms with Crippen LogP contribution in [0.5, 0.6) is 0 Å². The average Bonchev–Trinajstić information content (AvgIpc) is 2.70. The molecule has 33 heavy (non-hydrogen) atoms. The molecule has 10 atom stereocenters. The summed E-state index contributed by atoms with van der Waals surface area (Å²) >= 11 is 0. The van der Waals surface area contributed by atoms with Crippen molar-refractivity contribution >= 4 is 22.3 Å². The van der Waals surface area contributed by atoms with Crippen molar-refractivity contribution in [1.29, 1.82) is 0 Å². The van der Waals surface area contributed by atoms with Crippen molar-refractivity contribution in [3.63, 3.8) is 0 Å². The lowest BCUT2D eigenvalue weighted by Gasteiger charge is -2.51. The molecule has 2 heterocycles. The Morgan fingerprint density at radius 3 is 2.12 bits per heavy atom. The highest BCUT2D eigenvalue weighted by molar-refractivity contribution is 7.80. The third kappa shape index (κ3) is 5.75. The number of hydrogen-bond donors (Lipinski definition) is 8. The van der Waals surface area contributed by atoms with Gasteiger partial charge in [-0.3, -0.25) is 9.35 Å². The number of aliphatic carboxylic acids is 1. The molecular formula is C15H25NO16S. The molecule has 0 spiro atoms. The molecule has 2 saturated heterocycles. The van der Waals surface area contributed by atoms with E-state index in [0.717, 1.165) is 14.0 Å². The summed E-state index contributed by atoms with van der Waals surface area (Å²) in [5.74, 6) is -5.81. The summed E-state index contributed by atoms with van der Waals surface area (Å²) < 4.78 is 57.3. The van der Waals surface area contributed by atoms with Gasteiger partial charge in [0, 0.05) is 14.0 Å². The summed E-state index contributed by atoms with van der Waals surface area (Å²) in [5, 5.41) is 62.0. The Labute approximate surface area is 186 Å². The number of methoxy groups -OCH3 is 1. The second-order valence-corrected chi connectivity index (χ2v) is 8.19. The lowest BCUT2D eigenvalue weighted by Crippen LogP contribution is -2.74. The molecule has 17 nitrogen and oxygen atoms in total. The number of carbonyl (C=O) groups is 2. The second kappa shape index (κ2) is 10.4. The molecule has 0 aliphatic carbocycles. The first kappa shape index (κ1) is 27.7. The first-order valence-electron chi connectivity index (χ1n) is 9.21. The second-order valence-electron chi connectivity index (χ2n) is 7.17. The Hall–Kier alpha value is -1.55. The van der Waals surface area contributed by atoms with Gasteiger partial charge in [0.2, 0.25) is 11.7 Å². The van der Waals surface area contributed by atoms with Crippen LogP contribution in [0, 0.1) is 0 Å². The SMILES string of the molecule is CO[C@@H]1OC(CO)[C@](O[C@@H]2OC(C(=O)O)[C@@H](O)[C@H](O)C2O)(OS(=O)(=O)O)[C@H](O)C1NC(C)=O. The molecular weight excluding hydrogens is 482 g/mol. The van der Waals surface area contributed by atoms with Crippen LogP contribution in [0.3, 0.4) is 0 Å². The van der Waals surface area contributed by atoms with Gasteiger partial charge in [-0.05, 0) is 0 Å². The minimum absolute atomic E-state index is 0.786. The smallest absolute Gasteiger partial charge is 0.400 e. The maximum absolute atomic E-state index is 11.6. The summed E-state index contributed by atoms with van der Waals surface area (Å²) in [5.41, 5.74) is 0. The summed E-state index contributed by atoms with van der Waals surface area (Å²) in [4.78, 5) is 22.9. The normalized spacial score (nSPS) is 42.0. The Kier molecular flexibility index (Phi) is 8.71. The topological polar surface area (TPSA) is 268 Å². The molecule has 0 bridgehead atoms. The van der Waals surface area contributed by atoms with Crippen molar-refractivity contribution in [1.82, 2.24) is 5.32 Å². The maximum Gasteiger partial charge on any atom is 0.400 e. The molecule has 0 saturated carbocycles. The highest BCUT2D eigenvalue weighted by Crippen LogP contribution is 2.39. The van der Waals surface area contributed by atoms with Gasteiger partial charge in [-0.1, -0.05) is 0 Å². The Balaban J connectivity index is 2.57. The van der Waals surface area contributed by atoms with Crippen LogP contribution < -0.4 is 5.32 Å². The van der Waals surface area contributed by atoms with E-state index < -0.39 is 89.9 Å². The molecule has 1 amide bonds. The number of hydrogen-bond acceptors (Lipinski definition) is 14. The zero-order valence-electron chi connectivity index (χ0n) is 17.1. The fraction of sp³-hybridized carbons (Fsp3) is 0.867. The molecule has 2 aliphatic rings. The van der Waals surface area contributed by atoms with Gasteiger partial charge in [-0.15, -0.1) is 0 Å². The molecule has 192 valence electrons. The van der Waals surface area contributed by atoms with Gasteiger partial charge in [0.15, 0.2) is 18.7 Å². The maximum atomic E-state index is 11.6. The minimum atomic E-state index is -5.55. The van der Waals surface area contributed by atoms with E-state index in [2.05, 4.69) is 9.50 Å². The van der Waals surface area contributed by atoms with Crippen molar-refractivity contribution in [2.24, 2.45) is 0 Å². The van der Waals surface area contributed by atoms with E-state index in [9.17, 15) is 48.1 Å². The van der Waals surface area contributed by atoms with Crippen LogP contribution in [0.15, 0.2) is 0 Å². The zero-order valence-corrected chi connectivity index (χ0v) is 17.9. The van der Waals surface area contributed by atoms with Crippen LogP contribution in [0.2, 0.25) is 0 Å². The zero-order chi connectivity index (χ0) is 25.3. The van der Waals surface area contributed by atoms with Crippen molar-refractivity contribution in [3.8, 4) is 0 Å². The van der Waals surface area contributed by atoms with Gasteiger partial charge >= 0.3 is 16.4 Å². The lowest BCUT2D eigenvalue weighted by molar-refractivity contribution is -0.418. The van der Waals surface area contributed by atoms with E-state index in [-0.39, 0.29) is 0 Å². The van der Waals surface area contributed by atoms with Gasteiger partial charge < -0.3 is 54.9 Å². The molecule has 2 fully saturated rings. The first-order chi connectivity index (χ1) is 15.2. The van der Waals surface area contributed by atoms with E-state index in [1.807, 2.05) is 0 Å². The number of carbonyl (C=O) groups excluding carboxylic acids is 1. The number of carboxylic acid groups (broad SMARTS) is 1. The number of aliphatic hydroxyl groups is 5. The highest BCUT2D eigenvalue weighted by Gasteiger charge is 2.63. The molecule has 4 unspecified atom stereocenters. The third-order valence-electron chi connectivity index (χ3n) is 4.91. The number of aliphatic hydroxyl groups excluding tert-OH is 5. The van der Waals surface area contributed by atoms with Gasteiger partial charge in [0.05, 0.1) is 6.61 Å². The van der Waals surface area contributed by atoms with Crippen molar-refractivity contribution in [2.45, 2.75) is 68.0 Å². The first-order valence-corrected chi connectivity index (χ1v) is 10.6. The van der Waals surface area contributed by atoms with Gasteiger partial charge in [-0.2, -0.15) is 8.42 Å². The Bertz CT molecular complexity index is 823. The van der Waals surface area contributed by atoms with E-state index in [4.69, 9.17) is 24.1 Å². The average molecular weight is 507 g/mol. The third-order valence-corrected chi connectivity index (χ3v) is 5.38. The number of ether oxygens (including phenoxy) is 4. The molecule has 0 aromatic rings. The molecule has 0 aromatic carbocycles. The summed E-state index contributed by atoms with van der Waals surface area (Å²) in [6.45, 7) is -0.178. The molecule has 8 N–H and O–H groups in total. The lowest BCUT2D eigenvalue weighted by atomic mass is 9.92. The summed E-state index contributed by atoms with van der Waals surface area (Å²) in [6.07, 6.45) is -17.1. The Morgan fingerprint density at radius 1 is 1.06 bits per heavy atom. The predicted molar refractivity (Wildman–Crippen MR) is 97.1 cm³/mol. The summed E-state index contributed by atoms with van der Waals surface area (Å²) in [7, 11) is -4.48. The fourth-order valence-electron chi connectivity index (χ4n) is 3.45. The number of rotatable bonds is 8. The van der Waals surface area contributed by atoms with Crippen molar-refractivity contribution < 1.29 is 76.3 Å². The number of amides is 1. The van der Waals surface area contributed by atoms with Crippen LogP contribution in [-0.2, 0) is 43.1 Å². The molecule has 2 rings (SSSR count). The summed E-state index contributed by atoms with van der Waals surface area (Å²) in [6, 6.07) is -1.68. The molecule has 0 aromatic heterocycles. The van der Waals surface area contributed by atoms with Gasteiger partial charge in [-0.25, -0.2) is 8.98 Å².